The molecule has 0 spiro atoms. The van der Waals surface area contributed by atoms with Crippen molar-refractivity contribution in [1.29, 1.82) is 0 Å². The van der Waals surface area contributed by atoms with Gasteiger partial charge in [0.1, 0.15) is 0 Å². The summed E-state index contributed by atoms with van der Waals surface area (Å²) in [4.78, 5) is 11.6. The van der Waals surface area contributed by atoms with Crippen molar-refractivity contribution in [1.82, 2.24) is 5.32 Å². The van der Waals surface area contributed by atoms with Gasteiger partial charge in [0.05, 0.1) is 12.6 Å². The number of aliphatic hydroxyl groups is 1. The zero-order valence-corrected chi connectivity index (χ0v) is 11.2. The second-order valence-corrected chi connectivity index (χ2v) is 4.66. The molecular formula is C14H22N2O2. The highest BCUT2D eigenvalue weighted by Crippen LogP contribution is 2.16. The largest absolute Gasteiger partial charge is 0.394 e. The Kier molecular flexibility index (Phi) is 5.65. The quantitative estimate of drug-likeness (QED) is 0.752. The van der Waals surface area contributed by atoms with Gasteiger partial charge in [0.2, 0.25) is 0 Å². The van der Waals surface area contributed by atoms with Crippen LogP contribution in [0.3, 0.4) is 0 Å². The second kappa shape index (κ2) is 7.01. The first kappa shape index (κ1) is 14.5. The Hall–Kier alpha value is -1.55. The Bertz CT molecular complexity index is 370. The van der Waals surface area contributed by atoms with Crippen LogP contribution < -0.4 is 10.6 Å². The molecule has 100 valence electrons. The maximum absolute atomic E-state index is 11.6. The van der Waals surface area contributed by atoms with Crippen LogP contribution in [-0.4, -0.2) is 23.8 Å². The Morgan fingerprint density at radius 3 is 2.33 bits per heavy atom. The minimum atomic E-state index is -0.284. The van der Waals surface area contributed by atoms with E-state index in [1.807, 2.05) is 31.2 Å². The van der Waals surface area contributed by atoms with Gasteiger partial charge in [-0.25, -0.2) is 4.79 Å². The number of urea groups is 1. The number of benzene rings is 1. The van der Waals surface area contributed by atoms with Crippen molar-refractivity contribution in [3.05, 3.63) is 29.8 Å². The molecule has 0 aliphatic carbocycles. The van der Waals surface area contributed by atoms with Crippen LogP contribution in [0.5, 0.6) is 0 Å². The van der Waals surface area contributed by atoms with E-state index < -0.39 is 0 Å². The van der Waals surface area contributed by atoms with Crippen molar-refractivity contribution >= 4 is 11.7 Å². The fourth-order valence-electron chi connectivity index (χ4n) is 1.58. The number of anilines is 1. The van der Waals surface area contributed by atoms with Crippen molar-refractivity contribution in [2.24, 2.45) is 0 Å². The number of rotatable bonds is 5. The van der Waals surface area contributed by atoms with Crippen molar-refractivity contribution in [2.45, 2.75) is 39.2 Å². The van der Waals surface area contributed by atoms with Crippen LogP contribution in [-0.2, 0) is 0 Å². The highest BCUT2D eigenvalue weighted by atomic mass is 16.3. The molecule has 2 amide bonds. The van der Waals surface area contributed by atoms with Crippen LogP contribution in [0.15, 0.2) is 24.3 Å². The minimum Gasteiger partial charge on any atom is -0.394 e. The van der Waals surface area contributed by atoms with Crippen LogP contribution in [0.25, 0.3) is 0 Å². The molecule has 0 radical (unpaired) electrons. The molecule has 1 rings (SSSR count). The van der Waals surface area contributed by atoms with Crippen LogP contribution in [0.1, 0.15) is 38.7 Å². The fraction of sp³-hybridized carbons (Fsp3) is 0.500. The number of hydrogen-bond donors (Lipinski definition) is 3. The molecule has 1 aromatic carbocycles. The summed E-state index contributed by atoms with van der Waals surface area (Å²) in [5, 5.41) is 14.4. The number of nitrogens with one attached hydrogen (secondary N) is 2. The van der Waals surface area contributed by atoms with Crippen molar-refractivity contribution in [3.8, 4) is 0 Å². The summed E-state index contributed by atoms with van der Waals surface area (Å²) in [5.41, 5.74) is 1.99. The Balaban J connectivity index is 2.54. The predicted octanol–water partition coefficient (Wildman–Crippen LogP) is 2.70. The van der Waals surface area contributed by atoms with Gasteiger partial charge < -0.3 is 15.7 Å². The molecule has 0 saturated heterocycles. The van der Waals surface area contributed by atoms with Crippen LogP contribution in [0.2, 0.25) is 0 Å². The lowest BCUT2D eigenvalue weighted by molar-refractivity contribution is 0.222. The standard InChI is InChI=1S/C14H22N2O2/c1-4-12(9-17)15-14(18)16-13-7-5-11(6-8-13)10(2)3/h5-8,10,12,17H,4,9H2,1-3H3,(H2,15,16,18)/t12-/m0/s1. The first-order chi connectivity index (χ1) is 8.56. The normalized spacial score (nSPS) is 12.3. The first-order valence-electron chi connectivity index (χ1n) is 6.35. The van der Waals surface area contributed by atoms with Gasteiger partial charge in [0.25, 0.3) is 0 Å². The van der Waals surface area contributed by atoms with Gasteiger partial charge in [-0.1, -0.05) is 32.9 Å². The summed E-state index contributed by atoms with van der Waals surface area (Å²) < 4.78 is 0. The topological polar surface area (TPSA) is 61.4 Å². The van der Waals surface area contributed by atoms with Crippen molar-refractivity contribution in [3.63, 3.8) is 0 Å². The van der Waals surface area contributed by atoms with E-state index in [2.05, 4.69) is 24.5 Å². The molecule has 18 heavy (non-hydrogen) atoms. The van der Waals surface area contributed by atoms with E-state index in [4.69, 9.17) is 5.11 Å². The van der Waals surface area contributed by atoms with Gasteiger partial charge in [-0.05, 0) is 30.0 Å². The fourth-order valence-corrected chi connectivity index (χ4v) is 1.58. The van der Waals surface area contributed by atoms with Crippen LogP contribution in [0, 0.1) is 0 Å². The SMILES string of the molecule is CC[C@@H](CO)NC(=O)Nc1ccc(C(C)C)cc1. The lowest BCUT2D eigenvalue weighted by Gasteiger charge is -2.15. The van der Waals surface area contributed by atoms with Gasteiger partial charge in [-0.15, -0.1) is 0 Å². The molecule has 0 heterocycles. The third-order valence-corrected chi connectivity index (χ3v) is 2.88. The summed E-state index contributed by atoms with van der Waals surface area (Å²) in [6.07, 6.45) is 0.705. The van der Waals surface area contributed by atoms with E-state index in [1.165, 1.54) is 5.56 Å². The molecule has 0 unspecified atom stereocenters. The van der Waals surface area contributed by atoms with Crippen molar-refractivity contribution in [2.75, 3.05) is 11.9 Å². The van der Waals surface area contributed by atoms with E-state index in [0.29, 0.717) is 12.3 Å². The molecule has 0 aromatic heterocycles. The van der Waals surface area contributed by atoms with E-state index >= 15 is 0 Å². The predicted molar refractivity (Wildman–Crippen MR) is 73.9 cm³/mol. The molecule has 3 N–H and O–H groups in total. The third-order valence-electron chi connectivity index (χ3n) is 2.88. The number of amides is 2. The maximum atomic E-state index is 11.6. The summed E-state index contributed by atoms with van der Waals surface area (Å²) in [5.74, 6) is 0.478. The zero-order chi connectivity index (χ0) is 13.5. The molecule has 1 atom stereocenters. The van der Waals surface area contributed by atoms with Gasteiger partial charge in [-0.2, -0.15) is 0 Å². The van der Waals surface area contributed by atoms with E-state index in [1.54, 1.807) is 0 Å². The molecule has 0 saturated carbocycles. The Labute approximate surface area is 108 Å². The lowest BCUT2D eigenvalue weighted by atomic mass is 10.0. The Morgan fingerprint density at radius 1 is 1.28 bits per heavy atom. The zero-order valence-electron chi connectivity index (χ0n) is 11.2. The number of aliphatic hydroxyl groups excluding tert-OH is 1. The maximum Gasteiger partial charge on any atom is 0.319 e. The molecule has 0 aliphatic rings. The van der Waals surface area contributed by atoms with E-state index in [-0.39, 0.29) is 18.7 Å². The number of carbonyl (C=O) groups is 1. The molecule has 4 nitrogen and oxygen atoms in total. The molecule has 0 fully saturated rings. The Morgan fingerprint density at radius 2 is 1.89 bits per heavy atom. The van der Waals surface area contributed by atoms with Gasteiger partial charge in [0.15, 0.2) is 0 Å². The highest BCUT2D eigenvalue weighted by Gasteiger charge is 2.09. The van der Waals surface area contributed by atoms with Gasteiger partial charge >= 0.3 is 6.03 Å². The number of carbonyl (C=O) groups excluding carboxylic acids is 1. The summed E-state index contributed by atoms with van der Waals surface area (Å²) in [7, 11) is 0. The summed E-state index contributed by atoms with van der Waals surface area (Å²) in [6, 6.07) is 7.30. The summed E-state index contributed by atoms with van der Waals surface area (Å²) >= 11 is 0. The van der Waals surface area contributed by atoms with Gasteiger partial charge in [-0.3, -0.25) is 0 Å². The highest BCUT2D eigenvalue weighted by molar-refractivity contribution is 5.89. The smallest absolute Gasteiger partial charge is 0.319 e. The average Bonchev–Trinajstić information content (AvgIpc) is 2.36. The van der Waals surface area contributed by atoms with E-state index in [9.17, 15) is 4.79 Å². The monoisotopic (exact) mass is 250 g/mol. The molecule has 0 bridgehead atoms. The van der Waals surface area contributed by atoms with Crippen LogP contribution in [0.4, 0.5) is 10.5 Å². The average molecular weight is 250 g/mol. The minimum absolute atomic E-state index is 0.0454. The second-order valence-electron chi connectivity index (χ2n) is 4.66. The van der Waals surface area contributed by atoms with Crippen LogP contribution >= 0.6 is 0 Å². The lowest BCUT2D eigenvalue weighted by Crippen LogP contribution is -2.39. The molecular weight excluding hydrogens is 228 g/mol. The van der Waals surface area contributed by atoms with Crippen molar-refractivity contribution < 1.29 is 9.90 Å². The first-order valence-corrected chi connectivity index (χ1v) is 6.35. The van der Waals surface area contributed by atoms with Gasteiger partial charge in [0, 0.05) is 5.69 Å². The molecule has 1 aromatic rings. The summed E-state index contributed by atoms with van der Waals surface area (Å²) in [6.45, 7) is 6.12. The van der Waals surface area contributed by atoms with E-state index in [0.717, 1.165) is 5.69 Å². The number of hydrogen-bond acceptors (Lipinski definition) is 2. The molecule has 4 heteroatoms. The molecule has 0 aliphatic heterocycles. The third kappa shape index (κ3) is 4.37.